The maximum atomic E-state index is 14.1. The van der Waals surface area contributed by atoms with Crippen molar-refractivity contribution in [3.05, 3.63) is 58.5 Å². The molecule has 2 heterocycles. The summed E-state index contributed by atoms with van der Waals surface area (Å²) < 4.78 is 20.1. The van der Waals surface area contributed by atoms with Gasteiger partial charge in [-0.3, -0.25) is 10.4 Å². The van der Waals surface area contributed by atoms with E-state index in [1.165, 1.54) is 12.1 Å². The Morgan fingerprint density at radius 1 is 1.45 bits per heavy atom. The van der Waals surface area contributed by atoms with Gasteiger partial charge >= 0.3 is 0 Å². The summed E-state index contributed by atoms with van der Waals surface area (Å²) in [7, 11) is 0. The van der Waals surface area contributed by atoms with E-state index in [1.807, 2.05) is 6.92 Å². The number of pyridine rings is 1. The van der Waals surface area contributed by atoms with Gasteiger partial charge in [-0.15, -0.1) is 0 Å². The molecule has 2 aromatic rings. The number of aromatic nitrogens is 1. The van der Waals surface area contributed by atoms with Crippen LogP contribution < -0.4 is 21.5 Å². The van der Waals surface area contributed by atoms with Crippen molar-refractivity contribution in [2.24, 2.45) is 15.7 Å². The number of nitrogens with one attached hydrogen (secondary N) is 2. The molecule has 0 fully saturated rings. The molecule has 1 aliphatic rings. The monoisotopic (exact) mass is 443 g/mol. The minimum Gasteiger partial charge on any atom is -0.482 e. The van der Waals surface area contributed by atoms with Crippen LogP contribution in [0.4, 0.5) is 10.2 Å². The molecule has 1 atom stereocenters. The third kappa shape index (κ3) is 4.83. The van der Waals surface area contributed by atoms with Crippen molar-refractivity contribution in [3.8, 4) is 5.75 Å². The number of hydrogen-bond acceptors (Lipinski definition) is 7. The van der Waals surface area contributed by atoms with Crippen LogP contribution in [0.2, 0.25) is 0 Å². The molecule has 0 aliphatic carbocycles. The zero-order valence-corrected chi connectivity index (χ0v) is 17.9. The Morgan fingerprint density at radius 3 is 2.90 bits per heavy atom. The van der Waals surface area contributed by atoms with Gasteiger partial charge in [-0.05, 0) is 38.1 Å². The van der Waals surface area contributed by atoms with Gasteiger partial charge < -0.3 is 21.5 Å². The Kier molecular flexibility index (Phi) is 6.86. The molecule has 0 spiro atoms. The number of fused-ring (bicyclic) bond motifs is 3. The van der Waals surface area contributed by atoms with Crippen LogP contribution in [0.15, 0.2) is 46.0 Å². The van der Waals surface area contributed by atoms with Gasteiger partial charge in [0.1, 0.15) is 17.1 Å². The van der Waals surface area contributed by atoms with Gasteiger partial charge in [-0.1, -0.05) is 11.6 Å². The molecule has 162 valence electrons. The minimum atomic E-state index is -0.597. The van der Waals surface area contributed by atoms with E-state index >= 15 is 0 Å². The standard InChI is InChI=1S/C21H23ClFN7O/c1-3-27-18-12-6-17(20(26)28-8-12)31-11(2)15-7-13(23)4-5-14(15)21(30-10-24)29-9-16(18)19(22)25/h4-8,10-11,25,27H,3,9H2,1-2H3,(H2,26,28)(H2,24,29,30)/b18-16-,25-19?/t11-/m1/s1. The topological polar surface area (TPSA) is 135 Å². The van der Waals surface area contributed by atoms with E-state index in [0.717, 1.165) is 6.34 Å². The molecular weight excluding hydrogens is 421 g/mol. The van der Waals surface area contributed by atoms with Crippen molar-refractivity contribution in [1.29, 1.82) is 5.41 Å². The quantitative estimate of drug-likeness (QED) is 0.426. The lowest BCUT2D eigenvalue weighted by Gasteiger charge is -2.22. The fourth-order valence-electron chi connectivity index (χ4n) is 3.25. The highest BCUT2D eigenvalue weighted by molar-refractivity contribution is 6.69. The number of hydrogen-bond donors (Lipinski definition) is 4. The summed E-state index contributed by atoms with van der Waals surface area (Å²) in [5.74, 6) is 0.319. The van der Waals surface area contributed by atoms with Crippen LogP contribution in [-0.2, 0) is 0 Å². The third-order valence-corrected chi connectivity index (χ3v) is 4.90. The zero-order valence-electron chi connectivity index (χ0n) is 17.1. The van der Waals surface area contributed by atoms with Crippen molar-refractivity contribution in [1.82, 2.24) is 10.3 Å². The fraction of sp³-hybridized carbons (Fsp3) is 0.238. The van der Waals surface area contributed by atoms with E-state index in [4.69, 9.17) is 33.2 Å². The van der Waals surface area contributed by atoms with E-state index in [9.17, 15) is 4.39 Å². The van der Waals surface area contributed by atoms with Crippen molar-refractivity contribution >= 4 is 40.5 Å². The number of amidine groups is 1. The highest BCUT2D eigenvalue weighted by Crippen LogP contribution is 2.32. The first-order valence-corrected chi connectivity index (χ1v) is 9.96. The highest BCUT2D eigenvalue weighted by Gasteiger charge is 2.21. The van der Waals surface area contributed by atoms with Crippen LogP contribution in [0, 0.1) is 11.2 Å². The van der Waals surface area contributed by atoms with E-state index in [-0.39, 0.29) is 23.4 Å². The lowest BCUT2D eigenvalue weighted by molar-refractivity contribution is 0.227. The van der Waals surface area contributed by atoms with Gasteiger partial charge in [0.25, 0.3) is 0 Å². The fourth-order valence-corrected chi connectivity index (χ4v) is 3.41. The van der Waals surface area contributed by atoms with E-state index < -0.39 is 11.9 Å². The van der Waals surface area contributed by atoms with Crippen molar-refractivity contribution in [2.75, 3.05) is 18.8 Å². The molecule has 0 radical (unpaired) electrons. The van der Waals surface area contributed by atoms with Crippen LogP contribution in [0.1, 0.15) is 36.6 Å². The molecule has 10 heteroatoms. The number of aliphatic imine (C=N–C) groups is 2. The average Bonchev–Trinajstić information content (AvgIpc) is 2.73. The second kappa shape index (κ2) is 9.57. The van der Waals surface area contributed by atoms with Crippen LogP contribution in [0.5, 0.6) is 5.75 Å². The maximum absolute atomic E-state index is 14.1. The minimum absolute atomic E-state index is 0.0309. The smallest absolute Gasteiger partial charge is 0.166 e. The normalized spacial score (nSPS) is 19.0. The summed E-state index contributed by atoms with van der Waals surface area (Å²) in [5.41, 5.74) is 14.2. The summed E-state index contributed by atoms with van der Waals surface area (Å²) in [5, 5.41) is 11.1. The Balaban J connectivity index is 2.33. The molecule has 0 saturated heterocycles. The van der Waals surface area contributed by atoms with Gasteiger partial charge in [0.2, 0.25) is 0 Å². The average molecular weight is 444 g/mol. The molecule has 3 rings (SSSR count). The van der Waals surface area contributed by atoms with Crippen LogP contribution >= 0.6 is 11.6 Å². The predicted octanol–water partition coefficient (Wildman–Crippen LogP) is 3.23. The summed E-state index contributed by atoms with van der Waals surface area (Å²) in [6.07, 6.45) is 2.07. The summed E-state index contributed by atoms with van der Waals surface area (Å²) >= 11 is 6.12. The molecule has 2 bridgehead atoms. The number of anilines is 1. The highest BCUT2D eigenvalue weighted by atomic mass is 35.5. The van der Waals surface area contributed by atoms with Gasteiger partial charge in [0.15, 0.2) is 17.4 Å². The Hall–Kier alpha value is -3.46. The summed E-state index contributed by atoms with van der Waals surface area (Å²) in [6.45, 7) is 4.28. The SMILES string of the molecule is CCN/C1=C(\C(=N)Cl)CN=C(N=CN)c2ccc(F)cc2[C@@H](C)Oc2cc1cnc2N. The lowest BCUT2D eigenvalue weighted by Crippen LogP contribution is -2.19. The molecule has 0 unspecified atom stereocenters. The number of nitrogens with zero attached hydrogens (tertiary/aromatic N) is 3. The first-order valence-electron chi connectivity index (χ1n) is 9.58. The first-order chi connectivity index (χ1) is 14.8. The van der Waals surface area contributed by atoms with Crippen LogP contribution in [0.25, 0.3) is 5.70 Å². The Bertz CT molecular complexity index is 1100. The van der Waals surface area contributed by atoms with Crippen molar-refractivity contribution in [3.63, 3.8) is 0 Å². The molecule has 31 heavy (non-hydrogen) atoms. The van der Waals surface area contributed by atoms with E-state index in [2.05, 4.69) is 20.3 Å². The maximum Gasteiger partial charge on any atom is 0.166 e. The van der Waals surface area contributed by atoms with E-state index in [0.29, 0.717) is 40.3 Å². The number of ether oxygens (including phenoxy) is 1. The first kappa shape index (κ1) is 22.2. The molecule has 8 nitrogen and oxygen atoms in total. The zero-order chi connectivity index (χ0) is 22.5. The van der Waals surface area contributed by atoms with Crippen LogP contribution in [-0.4, -0.2) is 35.4 Å². The van der Waals surface area contributed by atoms with Gasteiger partial charge in [0, 0.05) is 35.0 Å². The predicted molar refractivity (Wildman–Crippen MR) is 122 cm³/mol. The molecule has 0 amide bonds. The molecule has 1 aromatic carbocycles. The number of nitrogens with two attached hydrogens (primary N) is 2. The molecule has 1 aliphatic heterocycles. The van der Waals surface area contributed by atoms with Crippen molar-refractivity contribution in [2.45, 2.75) is 20.0 Å². The summed E-state index contributed by atoms with van der Waals surface area (Å²) in [6, 6.07) is 5.92. The van der Waals surface area contributed by atoms with Gasteiger partial charge in [0.05, 0.1) is 18.6 Å². The molecule has 6 N–H and O–H groups in total. The Morgan fingerprint density at radius 2 is 2.23 bits per heavy atom. The summed E-state index contributed by atoms with van der Waals surface area (Å²) in [4.78, 5) is 12.9. The van der Waals surface area contributed by atoms with Crippen LogP contribution in [0.3, 0.4) is 0 Å². The number of benzene rings is 1. The van der Waals surface area contributed by atoms with Gasteiger partial charge in [-0.2, -0.15) is 0 Å². The molecule has 0 saturated carbocycles. The number of halogens is 2. The number of nitrogen functional groups attached to an aromatic ring is 1. The second-order valence-electron chi connectivity index (χ2n) is 6.71. The third-order valence-electron chi connectivity index (χ3n) is 4.67. The number of rotatable bonds is 3. The molecular formula is C21H23ClFN7O. The van der Waals surface area contributed by atoms with Gasteiger partial charge in [-0.25, -0.2) is 14.4 Å². The molecule has 1 aromatic heterocycles. The largest absolute Gasteiger partial charge is 0.482 e. The second-order valence-corrected chi connectivity index (χ2v) is 7.09. The lowest BCUT2D eigenvalue weighted by atomic mass is 10.0. The Labute approximate surface area is 184 Å². The van der Waals surface area contributed by atoms with Crippen molar-refractivity contribution < 1.29 is 9.13 Å². The van der Waals surface area contributed by atoms with E-state index in [1.54, 1.807) is 25.3 Å².